The molecule has 250 valence electrons. The van der Waals surface area contributed by atoms with Gasteiger partial charge in [-0.1, -0.05) is 41.6 Å². The average Bonchev–Trinajstić information content (AvgIpc) is 3.87. The third-order valence-electron chi connectivity index (χ3n) is 9.34. The quantitative estimate of drug-likeness (QED) is 0.240. The SMILES string of the molecule is Cn1nnc2cc(CNC(=O)C3CC(Cc4ccncc4)CN3C(=O)C(CCC(=O)N3CCCC3)NC(=O)Cc3ccccc3)ccc21. The lowest BCUT2D eigenvalue weighted by molar-refractivity contribution is -0.142. The largest absolute Gasteiger partial charge is 0.350 e. The number of rotatable bonds is 12. The Balaban J connectivity index is 1.19. The Bertz CT molecular complexity index is 1740. The van der Waals surface area contributed by atoms with Gasteiger partial charge in [0.1, 0.15) is 17.6 Å². The molecule has 2 aliphatic rings. The molecule has 4 aromatic rings. The molecule has 0 radical (unpaired) electrons. The molecule has 12 heteroatoms. The maximum atomic E-state index is 14.4. The highest BCUT2D eigenvalue weighted by molar-refractivity contribution is 5.93. The second-order valence-electron chi connectivity index (χ2n) is 12.8. The van der Waals surface area contributed by atoms with Gasteiger partial charge in [-0.2, -0.15) is 0 Å². The molecule has 4 heterocycles. The highest BCUT2D eigenvalue weighted by atomic mass is 16.2. The molecule has 6 rings (SSSR count). The molecule has 2 aliphatic heterocycles. The Morgan fingerprint density at radius 2 is 1.71 bits per heavy atom. The van der Waals surface area contributed by atoms with Gasteiger partial charge in [0.25, 0.3) is 0 Å². The minimum atomic E-state index is -0.943. The van der Waals surface area contributed by atoms with Crippen molar-refractivity contribution >= 4 is 34.7 Å². The highest BCUT2D eigenvalue weighted by Crippen LogP contribution is 2.28. The molecule has 4 amide bonds. The molecular formula is C36H42N8O4. The van der Waals surface area contributed by atoms with Crippen molar-refractivity contribution in [2.24, 2.45) is 13.0 Å². The van der Waals surface area contributed by atoms with Gasteiger partial charge in [0.2, 0.25) is 23.6 Å². The van der Waals surface area contributed by atoms with E-state index in [0.717, 1.165) is 40.6 Å². The first-order valence-corrected chi connectivity index (χ1v) is 16.7. The molecule has 0 saturated carbocycles. The number of nitrogens with one attached hydrogen (secondary N) is 2. The average molecular weight is 651 g/mol. The number of hydrogen-bond acceptors (Lipinski definition) is 7. The summed E-state index contributed by atoms with van der Waals surface area (Å²) in [6.45, 7) is 2.05. The fraction of sp³-hybridized carbons (Fsp3) is 0.417. The smallest absolute Gasteiger partial charge is 0.245 e. The van der Waals surface area contributed by atoms with Crippen LogP contribution >= 0.6 is 0 Å². The number of carbonyl (C=O) groups is 4. The molecule has 2 fully saturated rings. The number of aromatic nitrogens is 4. The van der Waals surface area contributed by atoms with Crippen LogP contribution in [-0.4, -0.2) is 85.1 Å². The molecule has 48 heavy (non-hydrogen) atoms. The van der Waals surface area contributed by atoms with Gasteiger partial charge >= 0.3 is 0 Å². The Morgan fingerprint density at radius 3 is 2.48 bits per heavy atom. The van der Waals surface area contributed by atoms with Crippen LogP contribution in [0, 0.1) is 5.92 Å². The van der Waals surface area contributed by atoms with Gasteiger partial charge in [0, 0.05) is 52.0 Å². The van der Waals surface area contributed by atoms with Crippen LogP contribution in [0.4, 0.5) is 0 Å². The number of pyridine rings is 1. The first-order chi connectivity index (χ1) is 23.3. The zero-order valence-corrected chi connectivity index (χ0v) is 27.3. The predicted molar refractivity (Wildman–Crippen MR) is 179 cm³/mol. The molecule has 2 N–H and O–H groups in total. The molecule has 3 unspecified atom stereocenters. The molecule has 2 aromatic heterocycles. The minimum Gasteiger partial charge on any atom is -0.350 e. The molecule has 12 nitrogen and oxygen atoms in total. The lowest BCUT2D eigenvalue weighted by Crippen LogP contribution is -2.54. The number of aryl methyl sites for hydroxylation is 1. The fourth-order valence-corrected chi connectivity index (χ4v) is 6.79. The van der Waals surface area contributed by atoms with E-state index in [9.17, 15) is 19.2 Å². The van der Waals surface area contributed by atoms with E-state index < -0.39 is 12.1 Å². The van der Waals surface area contributed by atoms with Crippen LogP contribution in [0.2, 0.25) is 0 Å². The van der Waals surface area contributed by atoms with Gasteiger partial charge in [-0.25, -0.2) is 4.68 Å². The van der Waals surface area contributed by atoms with Crippen LogP contribution in [-0.2, 0) is 45.6 Å². The van der Waals surface area contributed by atoms with Gasteiger partial charge in [-0.05, 0) is 79.0 Å². The molecule has 0 bridgehead atoms. The topological polar surface area (TPSA) is 142 Å². The molecule has 0 spiro atoms. The van der Waals surface area contributed by atoms with Crippen molar-refractivity contribution in [2.45, 2.75) is 63.6 Å². The van der Waals surface area contributed by atoms with Crippen molar-refractivity contribution in [3.63, 3.8) is 0 Å². The zero-order valence-electron chi connectivity index (χ0n) is 27.3. The lowest BCUT2D eigenvalue weighted by atomic mass is 9.97. The first kappa shape index (κ1) is 32.8. The van der Waals surface area contributed by atoms with Gasteiger partial charge in [0.05, 0.1) is 11.9 Å². The van der Waals surface area contributed by atoms with E-state index in [1.807, 2.05) is 72.6 Å². The monoisotopic (exact) mass is 650 g/mol. The molecule has 0 aliphatic carbocycles. The highest BCUT2D eigenvalue weighted by Gasteiger charge is 2.42. The van der Waals surface area contributed by atoms with Gasteiger partial charge in [0.15, 0.2) is 0 Å². The molecule has 2 aromatic carbocycles. The third-order valence-corrected chi connectivity index (χ3v) is 9.34. The van der Waals surface area contributed by atoms with Crippen molar-refractivity contribution in [2.75, 3.05) is 19.6 Å². The van der Waals surface area contributed by atoms with E-state index in [4.69, 9.17) is 0 Å². The van der Waals surface area contributed by atoms with Crippen LogP contribution in [0.3, 0.4) is 0 Å². The van der Waals surface area contributed by atoms with Crippen LogP contribution < -0.4 is 10.6 Å². The van der Waals surface area contributed by atoms with Gasteiger partial charge < -0.3 is 20.4 Å². The number of hydrogen-bond donors (Lipinski definition) is 2. The summed E-state index contributed by atoms with van der Waals surface area (Å²) >= 11 is 0. The second kappa shape index (κ2) is 15.2. The Hall–Kier alpha value is -5.13. The van der Waals surface area contributed by atoms with E-state index in [1.165, 1.54) is 0 Å². The molecule has 2 saturated heterocycles. The van der Waals surface area contributed by atoms with Crippen molar-refractivity contribution in [3.8, 4) is 0 Å². The number of carbonyl (C=O) groups excluding carboxylic acids is 4. The summed E-state index contributed by atoms with van der Waals surface area (Å²) in [7, 11) is 1.82. The van der Waals surface area contributed by atoms with E-state index in [0.29, 0.717) is 32.5 Å². The van der Waals surface area contributed by atoms with E-state index in [1.54, 1.807) is 22.0 Å². The number of likely N-dealkylation sites (tertiary alicyclic amines) is 2. The molecule has 3 atom stereocenters. The Kier molecular flexibility index (Phi) is 10.4. The first-order valence-electron chi connectivity index (χ1n) is 16.7. The summed E-state index contributed by atoms with van der Waals surface area (Å²) < 4.78 is 1.69. The zero-order chi connectivity index (χ0) is 33.5. The van der Waals surface area contributed by atoms with Gasteiger partial charge in [-0.3, -0.25) is 24.2 Å². The second-order valence-corrected chi connectivity index (χ2v) is 12.8. The van der Waals surface area contributed by atoms with Crippen molar-refractivity contribution in [1.29, 1.82) is 0 Å². The normalized spacial score (nSPS) is 18.2. The van der Waals surface area contributed by atoms with Crippen LogP contribution in [0.25, 0.3) is 11.0 Å². The van der Waals surface area contributed by atoms with Crippen LogP contribution in [0.15, 0.2) is 73.1 Å². The number of benzene rings is 2. The lowest BCUT2D eigenvalue weighted by Gasteiger charge is -2.29. The minimum absolute atomic E-state index is 0.0195. The maximum absolute atomic E-state index is 14.4. The summed E-state index contributed by atoms with van der Waals surface area (Å²) in [4.78, 5) is 62.0. The summed E-state index contributed by atoms with van der Waals surface area (Å²) in [5, 5.41) is 14.2. The Labute approximate surface area is 279 Å². The Morgan fingerprint density at radius 1 is 0.938 bits per heavy atom. The maximum Gasteiger partial charge on any atom is 0.245 e. The van der Waals surface area contributed by atoms with Crippen molar-refractivity contribution < 1.29 is 19.2 Å². The summed E-state index contributed by atoms with van der Waals surface area (Å²) in [5.41, 5.74) is 4.39. The number of amides is 4. The summed E-state index contributed by atoms with van der Waals surface area (Å²) in [6, 6.07) is 17.3. The fourth-order valence-electron chi connectivity index (χ4n) is 6.79. The van der Waals surface area contributed by atoms with Crippen LogP contribution in [0.1, 0.15) is 48.8 Å². The van der Waals surface area contributed by atoms with E-state index in [2.05, 4.69) is 25.9 Å². The third kappa shape index (κ3) is 8.04. The molecular weight excluding hydrogens is 608 g/mol. The van der Waals surface area contributed by atoms with E-state index in [-0.39, 0.29) is 55.4 Å². The van der Waals surface area contributed by atoms with E-state index >= 15 is 0 Å². The number of fused-ring (bicyclic) bond motifs is 1. The van der Waals surface area contributed by atoms with Crippen molar-refractivity contribution in [1.82, 2.24) is 40.4 Å². The predicted octanol–water partition coefficient (Wildman–Crippen LogP) is 2.57. The summed E-state index contributed by atoms with van der Waals surface area (Å²) in [5.74, 6) is -0.906. The standard InChI is InChI=1S/C36H42N8O4/c1-42-31-11-9-27(20-30(31)40-41-42)23-38-35(47)32-21-28(19-26-13-15-37-16-14-26)24-44(32)36(48)29(10-12-34(46)43-17-5-6-18-43)39-33(45)22-25-7-3-2-4-8-25/h2-4,7-9,11,13-16,20,28-29,32H,5-6,10,12,17-19,21-24H2,1H3,(H,38,47)(H,39,45). The van der Waals surface area contributed by atoms with Crippen LogP contribution in [0.5, 0.6) is 0 Å². The van der Waals surface area contributed by atoms with Gasteiger partial charge in [-0.15, -0.1) is 5.10 Å². The number of nitrogens with zero attached hydrogens (tertiary/aromatic N) is 6. The summed E-state index contributed by atoms with van der Waals surface area (Å²) in [6.07, 6.45) is 6.97. The van der Waals surface area contributed by atoms with Crippen molar-refractivity contribution in [3.05, 3.63) is 89.7 Å².